The first-order valence-corrected chi connectivity index (χ1v) is 24.5. The summed E-state index contributed by atoms with van der Waals surface area (Å²) in [6.07, 6.45) is -4.22. The monoisotopic (exact) mass is 1070 g/mol. The molecule has 15 nitrogen and oxygen atoms in total. The Bertz CT molecular complexity index is 3130. The maximum absolute atomic E-state index is 13.2. The van der Waals surface area contributed by atoms with Crippen LogP contribution in [0.5, 0.6) is 11.5 Å². The average molecular weight is 1070 g/mol. The van der Waals surface area contributed by atoms with Crippen molar-refractivity contribution in [2.24, 2.45) is 0 Å². The lowest BCUT2D eigenvalue weighted by Crippen LogP contribution is -2.49. The molecular formula is C54H49F6N9O6S. The molecule has 2 N–H and O–H groups in total. The van der Waals surface area contributed by atoms with Gasteiger partial charge in [-0.05, 0) is 90.5 Å². The molecule has 22 heteroatoms. The highest BCUT2D eigenvalue weighted by Gasteiger charge is 2.37. The van der Waals surface area contributed by atoms with Crippen LogP contribution in [-0.4, -0.2) is 115 Å². The average Bonchev–Trinajstić information content (AvgIpc) is 3.95. The first-order chi connectivity index (χ1) is 36.5. The van der Waals surface area contributed by atoms with Crippen LogP contribution in [0.1, 0.15) is 47.9 Å². The molecule has 0 saturated carbocycles. The van der Waals surface area contributed by atoms with Crippen molar-refractivity contribution in [3.8, 4) is 22.1 Å². The van der Waals surface area contributed by atoms with Gasteiger partial charge in [-0.2, -0.15) is 26.3 Å². The molecule has 2 fully saturated rings. The zero-order valence-electron chi connectivity index (χ0n) is 40.9. The number of hydrogen-bond donors (Lipinski definition) is 2. The Morgan fingerprint density at radius 3 is 1.57 bits per heavy atom. The standard InChI is InChI=1S/C28H27N5O4S.C26H22F6N4O2/c1-36-24-10-9-19(16-25(24)37-2)27-31-22(18-38-27)28(35)33-14-12-32(13-15-33)23-8-4-3-7-21(23)26(34)30-20-6-5-11-29-17-20;27-25(28,29)18-12-17(13-19(15-18)26(30,31)32)14-23(37)36-10-8-35(9-11-36)22-6-2-1-5-21(22)24(38)34-20-4-3-7-33-16-20/h3-11,16-18H,12-15H2,1-2H3,(H,30,34);1-7,12-13,15-16H,8-11,14H2,(H,34,38). The number of anilines is 4. The number of thiazole rings is 1. The third-order valence-electron chi connectivity index (χ3n) is 12.4. The van der Waals surface area contributed by atoms with Crippen molar-refractivity contribution in [1.29, 1.82) is 0 Å². The first kappa shape index (κ1) is 53.8. The third-order valence-corrected chi connectivity index (χ3v) is 13.3. The molecule has 2 aliphatic rings. The number of nitrogens with one attached hydrogen (secondary N) is 2. The number of pyridine rings is 2. The molecule has 0 atom stereocenters. The molecule has 4 amide bonds. The summed E-state index contributed by atoms with van der Waals surface area (Å²) in [5.74, 6) is 0.0148. The smallest absolute Gasteiger partial charge is 0.416 e. The van der Waals surface area contributed by atoms with E-state index in [1.54, 1.807) is 86.7 Å². The molecule has 394 valence electrons. The molecule has 4 aromatic carbocycles. The van der Waals surface area contributed by atoms with Gasteiger partial charge < -0.3 is 39.7 Å². The minimum atomic E-state index is -4.98. The molecule has 5 heterocycles. The number of carbonyl (C=O) groups is 4. The number of nitrogens with zero attached hydrogens (tertiary/aromatic N) is 7. The summed E-state index contributed by atoms with van der Waals surface area (Å²) >= 11 is 1.42. The summed E-state index contributed by atoms with van der Waals surface area (Å²) in [4.78, 5) is 71.7. The number of hydrogen-bond acceptors (Lipinski definition) is 12. The van der Waals surface area contributed by atoms with Gasteiger partial charge >= 0.3 is 12.4 Å². The number of alkyl halides is 6. The maximum Gasteiger partial charge on any atom is 0.416 e. The summed E-state index contributed by atoms with van der Waals surface area (Å²) in [7, 11) is 3.18. The van der Waals surface area contributed by atoms with Crippen molar-refractivity contribution in [3.63, 3.8) is 0 Å². The Labute approximate surface area is 436 Å². The fourth-order valence-corrected chi connectivity index (χ4v) is 9.33. The molecule has 0 aliphatic carbocycles. The number of carbonyl (C=O) groups excluding carboxylic acids is 4. The lowest BCUT2D eigenvalue weighted by molar-refractivity contribution is -0.143. The molecule has 2 saturated heterocycles. The number of aromatic nitrogens is 3. The summed E-state index contributed by atoms with van der Waals surface area (Å²) in [6, 6.07) is 28.1. The molecular weight excluding hydrogens is 1020 g/mol. The second-order valence-corrected chi connectivity index (χ2v) is 18.1. The Kier molecular flexibility index (Phi) is 16.8. The minimum Gasteiger partial charge on any atom is -0.493 e. The van der Waals surface area contributed by atoms with Crippen LogP contribution in [0, 0.1) is 0 Å². The number of benzene rings is 4. The van der Waals surface area contributed by atoms with E-state index in [-0.39, 0.29) is 42.4 Å². The number of halogens is 6. The fourth-order valence-electron chi connectivity index (χ4n) is 8.54. The lowest BCUT2D eigenvalue weighted by Gasteiger charge is -2.37. The fraction of sp³-hybridized carbons (Fsp3) is 0.241. The van der Waals surface area contributed by atoms with E-state index in [1.165, 1.54) is 22.4 Å². The summed E-state index contributed by atoms with van der Waals surface area (Å²) < 4.78 is 89.6. The quantitative estimate of drug-likeness (QED) is 0.112. The van der Waals surface area contributed by atoms with Crippen LogP contribution in [0.15, 0.2) is 139 Å². The number of ether oxygens (including phenoxy) is 2. The van der Waals surface area contributed by atoms with Crippen molar-refractivity contribution in [2.75, 3.05) is 87.0 Å². The maximum atomic E-state index is 13.2. The molecule has 9 rings (SSSR count). The van der Waals surface area contributed by atoms with Crippen LogP contribution in [0.3, 0.4) is 0 Å². The number of para-hydroxylation sites is 2. The summed E-state index contributed by atoms with van der Waals surface area (Å²) in [5.41, 5.74) is 1.61. The minimum absolute atomic E-state index is 0.0364. The zero-order valence-corrected chi connectivity index (χ0v) is 41.7. The molecule has 7 aromatic rings. The van der Waals surface area contributed by atoms with Gasteiger partial charge in [0.25, 0.3) is 17.7 Å². The van der Waals surface area contributed by atoms with Crippen molar-refractivity contribution >= 4 is 57.7 Å². The first-order valence-electron chi connectivity index (χ1n) is 23.6. The van der Waals surface area contributed by atoms with Crippen LogP contribution in [0.2, 0.25) is 0 Å². The second kappa shape index (κ2) is 23.8. The van der Waals surface area contributed by atoms with Crippen molar-refractivity contribution in [3.05, 3.63) is 173 Å². The van der Waals surface area contributed by atoms with E-state index in [4.69, 9.17) is 9.47 Å². The summed E-state index contributed by atoms with van der Waals surface area (Å²) in [5, 5.41) is 8.20. The third kappa shape index (κ3) is 13.2. The van der Waals surface area contributed by atoms with Crippen LogP contribution in [0.25, 0.3) is 10.6 Å². The largest absolute Gasteiger partial charge is 0.493 e. The molecule has 3 aromatic heterocycles. The van der Waals surface area contributed by atoms with Crippen LogP contribution in [-0.2, 0) is 23.6 Å². The Morgan fingerprint density at radius 2 is 1.09 bits per heavy atom. The lowest BCUT2D eigenvalue weighted by atomic mass is 10.0. The van der Waals surface area contributed by atoms with Gasteiger partial charge in [-0.25, -0.2) is 4.98 Å². The molecule has 0 bridgehead atoms. The predicted octanol–water partition coefficient (Wildman–Crippen LogP) is 9.70. The Morgan fingerprint density at radius 1 is 0.592 bits per heavy atom. The number of rotatable bonds is 12. The van der Waals surface area contributed by atoms with E-state index in [0.717, 1.165) is 16.3 Å². The number of piperazine rings is 2. The molecule has 76 heavy (non-hydrogen) atoms. The van der Waals surface area contributed by atoms with Crippen LogP contribution < -0.4 is 29.9 Å². The SMILES string of the molecule is COc1ccc(-c2nc(C(=O)N3CCN(c4ccccc4C(=O)Nc4cccnc4)CC3)cs2)cc1OC.O=C(Nc1cccnc1)c1ccccc1N1CCN(C(=O)Cc2cc(C(F)(F)F)cc(C(F)(F)F)c2)CC1. The van der Waals surface area contributed by atoms with E-state index in [9.17, 15) is 45.5 Å². The molecule has 0 radical (unpaired) electrons. The van der Waals surface area contributed by atoms with Crippen molar-refractivity contribution < 1.29 is 55.0 Å². The summed E-state index contributed by atoms with van der Waals surface area (Å²) in [6.45, 7) is 3.27. The second-order valence-electron chi connectivity index (χ2n) is 17.3. The van der Waals surface area contributed by atoms with Gasteiger partial charge in [0.15, 0.2) is 11.5 Å². The van der Waals surface area contributed by atoms with Gasteiger partial charge in [-0.1, -0.05) is 24.3 Å². The Balaban J connectivity index is 0.000000201. The van der Waals surface area contributed by atoms with Gasteiger partial charge in [0.1, 0.15) is 10.7 Å². The number of methoxy groups -OCH3 is 2. The molecule has 0 unspecified atom stereocenters. The topological polar surface area (TPSA) is 162 Å². The van der Waals surface area contributed by atoms with E-state index in [1.807, 2.05) is 52.3 Å². The van der Waals surface area contributed by atoms with E-state index in [2.05, 4.69) is 30.5 Å². The van der Waals surface area contributed by atoms with Gasteiger partial charge in [0.05, 0.1) is 66.7 Å². The molecule has 2 aliphatic heterocycles. The van der Waals surface area contributed by atoms with Crippen LogP contribution >= 0.6 is 11.3 Å². The highest BCUT2D eigenvalue weighted by molar-refractivity contribution is 7.13. The predicted molar refractivity (Wildman–Crippen MR) is 275 cm³/mol. The van der Waals surface area contributed by atoms with Gasteiger partial charge in [0, 0.05) is 87.1 Å². The number of amides is 4. The molecule has 0 spiro atoms. The van der Waals surface area contributed by atoms with Crippen molar-refractivity contribution in [2.45, 2.75) is 18.8 Å². The van der Waals surface area contributed by atoms with Gasteiger partial charge in [-0.15, -0.1) is 11.3 Å². The zero-order chi connectivity index (χ0) is 54.0. The van der Waals surface area contributed by atoms with E-state index >= 15 is 0 Å². The van der Waals surface area contributed by atoms with E-state index in [0.29, 0.717) is 96.8 Å². The normalized spacial score (nSPS) is 13.8. The van der Waals surface area contributed by atoms with Gasteiger partial charge in [-0.3, -0.25) is 29.1 Å². The van der Waals surface area contributed by atoms with Crippen LogP contribution in [0.4, 0.5) is 49.1 Å². The highest BCUT2D eigenvalue weighted by atomic mass is 32.1. The van der Waals surface area contributed by atoms with Crippen molar-refractivity contribution in [1.82, 2.24) is 24.8 Å². The van der Waals surface area contributed by atoms with Gasteiger partial charge in [0.2, 0.25) is 5.91 Å². The van der Waals surface area contributed by atoms with E-state index < -0.39 is 35.8 Å². The Hall–Kier alpha value is -8.53. The highest BCUT2D eigenvalue weighted by Crippen LogP contribution is 2.37.